The molecule has 0 spiro atoms. The zero-order chi connectivity index (χ0) is 15.3. The van der Waals surface area contributed by atoms with Crippen LogP contribution in [0.15, 0.2) is 12.1 Å². The fourth-order valence-corrected chi connectivity index (χ4v) is 2.53. The smallest absolute Gasteiger partial charge is 0.185 e. The Morgan fingerprint density at radius 1 is 1.45 bits per heavy atom. The van der Waals surface area contributed by atoms with Crippen LogP contribution in [0, 0.1) is 0 Å². The first-order chi connectivity index (χ1) is 9.36. The lowest BCUT2D eigenvalue weighted by Crippen LogP contribution is -2.19. The summed E-state index contributed by atoms with van der Waals surface area (Å²) in [4.78, 5) is 21.5. The fraction of sp³-hybridized carbons (Fsp3) is 0.385. The summed E-state index contributed by atoms with van der Waals surface area (Å²) in [6.45, 7) is 1.41. The maximum atomic E-state index is 10.8. The molecule has 20 heavy (non-hydrogen) atoms. The normalized spacial score (nSPS) is 13.8. The molecule has 0 aliphatic carbocycles. The molecule has 1 aromatic carbocycles. The average molecular weight is 319 g/mol. The Morgan fingerprint density at radius 2 is 2.10 bits per heavy atom. The number of carbonyl (C=O) groups excluding carboxylic acids is 2. The van der Waals surface area contributed by atoms with Crippen molar-refractivity contribution in [2.45, 2.75) is 25.6 Å². The van der Waals surface area contributed by atoms with Gasteiger partial charge in [0.25, 0.3) is 0 Å². The second-order valence-electron chi connectivity index (χ2n) is 4.19. The Bertz CT molecular complexity index is 506. The van der Waals surface area contributed by atoms with Gasteiger partial charge in [-0.25, -0.2) is 0 Å². The van der Waals surface area contributed by atoms with Gasteiger partial charge in [-0.05, 0) is 18.6 Å². The molecule has 0 aliphatic heterocycles. The minimum absolute atomic E-state index is 0.0140. The van der Waals surface area contributed by atoms with E-state index in [9.17, 15) is 24.9 Å². The summed E-state index contributed by atoms with van der Waals surface area (Å²) in [5, 5.41) is 29.8. The topological polar surface area (TPSA) is 94.8 Å². The molecule has 0 radical (unpaired) electrons. The van der Waals surface area contributed by atoms with Crippen molar-refractivity contribution in [3.05, 3.63) is 28.3 Å². The molecule has 1 aromatic rings. The Kier molecular flexibility index (Phi) is 6.48. The van der Waals surface area contributed by atoms with Gasteiger partial charge in [-0.15, -0.1) is 0 Å². The number of aromatic hydroxyl groups is 1. The Balaban J connectivity index is 2.85. The van der Waals surface area contributed by atoms with Crippen molar-refractivity contribution in [1.29, 1.82) is 0 Å². The van der Waals surface area contributed by atoms with Crippen molar-refractivity contribution in [2.24, 2.45) is 0 Å². The van der Waals surface area contributed by atoms with Crippen LogP contribution in [0.2, 0.25) is 5.02 Å². The van der Waals surface area contributed by atoms with E-state index in [0.29, 0.717) is 12.0 Å². The van der Waals surface area contributed by atoms with E-state index in [1.165, 1.54) is 19.1 Å². The molecule has 5 nitrogen and oxygen atoms in total. The molecule has 0 aliphatic rings. The van der Waals surface area contributed by atoms with E-state index < -0.39 is 18.0 Å². The lowest BCUT2D eigenvalue weighted by molar-refractivity contribution is -0.109. The molecular formula is C13H15ClO5S. The summed E-state index contributed by atoms with van der Waals surface area (Å²) in [7, 11) is 0. The van der Waals surface area contributed by atoms with Crippen LogP contribution in [0.3, 0.4) is 0 Å². The van der Waals surface area contributed by atoms with Gasteiger partial charge in [-0.1, -0.05) is 23.4 Å². The third-order valence-electron chi connectivity index (χ3n) is 2.66. The second kappa shape index (κ2) is 7.64. The average Bonchev–Trinajstić information content (AvgIpc) is 2.39. The van der Waals surface area contributed by atoms with Gasteiger partial charge in [-0.3, -0.25) is 9.59 Å². The quantitative estimate of drug-likeness (QED) is 0.694. The first-order valence-electron chi connectivity index (χ1n) is 5.84. The Labute approximate surface area is 125 Å². The molecule has 0 heterocycles. The van der Waals surface area contributed by atoms with E-state index >= 15 is 0 Å². The van der Waals surface area contributed by atoms with E-state index in [0.717, 1.165) is 11.8 Å². The second-order valence-corrected chi connectivity index (χ2v) is 5.90. The van der Waals surface area contributed by atoms with Crippen LogP contribution >= 0.6 is 23.4 Å². The first kappa shape index (κ1) is 17.0. The number of aliphatic hydroxyl groups excluding tert-OH is 2. The molecule has 2 atom stereocenters. The van der Waals surface area contributed by atoms with E-state index in [4.69, 9.17) is 11.6 Å². The van der Waals surface area contributed by atoms with Crippen LogP contribution in [-0.4, -0.2) is 38.6 Å². The van der Waals surface area contributed by atoms with Crippen molar-refractivity contribution in [1.82, 2.24) is 0 Å². The predicted octanol–water partition coefficient (Wildman–Crippen LogP) is 1.92. The predicted molar refractivity (Wildman–Crippen MR) is 77.2 cm³/mol. The van der Waals surface area contributed by atoms with Crippen LogP contribution in [0.25, 0.3) is 0 Å². The zero-order valence-corrected chi connectivity index (χ0v) is 12.3. The van der Waals surface area contributed by atoms with Crippen LogP contribution in [0.4, 0.5) is 0 Å². The number of hydrogen-bond acceptors (Lipinski definition) is 6. The van der Waals surface area contributed by atoms with Crippen LogP contribution < -0.4 is 0 Å². The number of phenols is 1. The Morgan fingerprint density at radius 3 is 2.65 bits per heavy atom. The summed E-state index contributed by atoms with van der Waals surface area (Å²) in [6, 6.07) is 2.55. The number of rotatable bonds is 6. The molecule has 110 valence electrons. The van der Waals surface area contributed by atoms with Crippen molar-refractivity contribution in [3.8, 4) is 5.75 Å². The highest BCUT2D eigenvalue weighted by Gasteiger charge is 2.23. The standard InChI is InChI=1S/C13H15ClO5S/c1-7(16)20-3-2-11(17)13(19)10-5-9(14)4-8(6-15)12(10)18/h4-6,11,13,17-19H,2-3H2,1H3. The Hall–Kier alpha value is -1.08. The van der Waals surface area contributed by atoms with Crippen LogP contribution in [0.5, 0.6) is 5.75 Å². The van der Waals surface area contributed by atoms with Gasteiger partial charge in [0.05, 0.1) is 11.7 Å². The number of benzene rings is 1. The summed E-state index contributed by atoms with van der Waals surface area (Å²) in [6.07, 6.45) is -1.99. The molecule has 2 unspecified atom stereocenters. The maximum Gasteiger partial charge on any atom is 0.185 e. The number of aldehydes is 1. The zero-order valence-electron chi connectivity index (χ0n) is 10.7. The third kappa shape index (κ3) is 4.49. The van der Waals surface area contributed by atoms with Gasteiger partial charge in [0, 0.05) is 23.3 Å². The van der Waals surface area contributed by atoms with Gasteiger partial charge in [0.1, 0.15) is 11.9 Å². The summed E-state index contributed by atoms with van der Waals surface area (Å²) >= 11 is 6.82. The maximum absolute atomic E-state index is 10.8. The van der Waals surface area contributed by atoms with Gasteiger partial charge >= 0.3 is 0 Å². The molecular weight excluding hydrogens is 304 g/mol. The highest BCUT2D eigenvalue weighted by molar-refractivity contribution is 8.13. The number of phenolic OH excluding ortho intramolecular Hbond substituents is 1. The van der Waals surface area contributed by atoms with E-state index in [1.54, 1.807) is 0 Å². The molecule has 0 saturated heterocycles. The van der Waals surface area contributed by atoms with E-state index in [1.807, 2.05) is 0 Å². The number of carbonyl (C=O) groups is 2. The van der Waals surface area contributed by atoms with Crippen molar-refractivity contribution in [3.63, 3.8) is 0 Å². The van der Waals surface area contributed by atoms with E-state index in [-0.39, 0.29) is 27.7 Å². The molecule has 0 amide bonds. The van der Waals surface area contributed by atoms with Crippen molar-refractivity contribution in [2.75, 3.05) is 5.75 Å². The number of hydrogen-bond donors (Lipinski definition) is 3. The molecule has 7 heteroatoms. The molecule has 0 aromatic heterocycles. The highest BCUT2D eigenvalue weighted by Crippen LogP contribution is 2.33. The monoisotopic (exact) mass is 318 g/mol. The lowest BCUT2D eigenvalue weighted by atomic mass is 9.99. The number of aliphatic hydroxyl groups is 2. The number of thioether (sulfide) groups is 1. The van der Waals surface area contributed by atoms with Gasteiger partial charge in [-0.2, -0.15) is 0 Å². The van der Waals surface area contributed by atoms with Gasteiger partial charge in [0.15, 0.2) is 11.4 Å². The number of halogens is 1. The fourth-order valence-electron chi connectivity index (χ4n) is 1.65. The molecule has 0 bridgehead atoms. The van der Waals surface area contributed by atoms with E-state index in [2.05, 4.69) is 0 Å². The van der Waals surface area contributed by atoms with Crippen molar-refractivity contribution >= 4 is 34.8 Å². The molecule has 3 N–H and O–H groups in total. The summed E-state index contributed by atoms with van der Waals surface area (Å²) in [5.74, 6) is -0.0646. The minimum atomic E-state index is -1.39. The highest BCUT2D eigenvalue weighted by atomic mass is 35.5. The van der Waals surface area contributed by atoms with Crippen LogP contribution in [-0.2, 0) is 4.79 Å². The van der Waals surface area contributed by atoms with Crippen molar-refractivity contribution < 1.29 is 24.9 Å². The van der Waals surface area contributed by atoms with Crippen LogP contribution in [0.1, 0.15) is 35.4 Å². The molecule has 0 fully saturated rings. The minimum Gasteiger partial charge on any atom is -0.507 e. The molecule has 1 rings (SSSR count). The van der Waals surface area contributed by atoms with Gasteiger partial charge < -0.3 is 15.3 Å². The SMILES string of the molecule is CC(=O)SCCC(O)C(O)c1cc(Cl)cc(C=O)c1O. The molecule has 0 saturated carbocycles. The summed E-state index contributed by atoms with van der Waals surface area (Å²) in [5.41, 5.74) is -0.0724. The lowest BCUT2D eigenvalue weighted by Gasteiger charge is -2.19. The van der Waals surface area contributed by atoms with Gasteiger partial charge in [0.2, 0.25) is 0 Å². The third-order valence-corrected chi connectivity index (χ3v) is 3.73. The summed E-state index contributed by atoms with van der Waals surface area (Å²) < 4.78 is 0. The first-order valence-corrected chi connectivity index (χ1v) is 7.20. The largest absolute Gasteiger partial charge is 0.507 e.